The molecule has 1 heterocycles. The van der Waals surface area contributed by atoms with Crippen molar-refractivity contribution in [3.8, 4) is 0 Å². The third-order valence-electron chi connectivity index (χ3n) is 2.27. The van der Waals surface area contributed by atoms with Crippen LogP contribution in [0.15, 0.2) is 49.0 Å². The number of nitrogens with zero attached hydrogens (tertiary/aromatic N) is 1. The monoisotopic (exact) mass is 232 g/mol. The van der Waals surface area contributed by atoms with E-state index in [9.17, 15) is 0 Å². The van der Waals surface area contributed by atoms with Crippen LogP contribution in [0.3, 0.4) is 0 Å². The maximum absolute atomic E-state index is 5.60. The lowest BCUT2D eigenvalue weighted by Crippen LogP contribution is -2.00. The molecule has 0 unspecified atom stereocenters. The van der Waals surface area contributed by atoms with Crippen LogP contribution < -0.4 is 0 Å². The van der Waals surface area contributed by atoms with E-state index in [1.165, 1.54) is 0 Å². The number of hydrogen-bond acceptors (Lipinski definition) is 2. The fraction of sp³-hybridized carbons (Fsp3) is 0.357. The highest BCUT2D eigenvalue weighted by molar-refractivity contribution is 5.22. The molecule has 3 heteroatoms. The summed E-state index contributed by atoms with van der Waals surface area (Å²) >= 11 is 0. The van der Waals surface area contributed by atoms with Crippen molar-refractivity contribution in [1.29, 1.82) is 0 Å². The summed E-state index contributed by atoms with van der Waals surface area (Å²) in [6.45, 7) is 7.07. The van der Waals surface area contributed by atoms with Gasteiger partial charge in [0.2, 0.25) is 0 Å². The van der Waals surface area contributed by atoms with Crippen molar-refractivity contribution in [1.82, 2.24) is 9.97 Å². The number of rotatable bonds is 8. The zero-order valence-corrected chi connectivity index (χ0v) is 10.4. The predicted octanol–water partition coefficient (Wildman–Crippen LogP) is 3.05. The smallest absolute Gasteiger partial charge is 0.0921 e. The molecule has 0 aliphatic carbocycles. The summed E-state index contributed by atoms with van der Waals surface area (Å²) < 4.78 is 5.60. The highest BCUT2D eigenvalue weighted by atomic mass is 16.5. The Labute approximate surface area is 103 Å². The Morgan fingerprint density at radius 3 is 3.12 bits per heavy atom. The number of aryl methyl sites for hydroxylation is 1. The lowest BCUT2D eigenvalue weighted by atomic mass is 10.2. The molecule has 92 valence electrons. The maximum atomic E-state index is 5.60. The molecule has 1 aromatic heterocycles. The summed E-state index contributed by atoms with van der Waals surface area (Å²) in [6.07, 6.45) is 13.3. The van der Waals surface area contributed by atoms with Gasteiger partial charge >= 0.3 is 0 Å². The van der Waals surface area contributed by atoms with Gasteiger partial charge in [0, 0.05) is 18.5 Å². The minimum Gasteiger partial charge on any atom is -0.377 e. The number of aromatic nitrogens is 2. The largest absolute Gasteiger partial charge is 0.377 e. The maximum Gasteiger partial charge on any atom is 0.0921 e. The van der Waals surface area contributed by atoms with Crippen molar-refractivity contribution >= 4 is 0 Å². The highest BCUT2D eigenvalue weighted by Crippen LogP contribution is 2.01. The van der Waals surface area contributed by atoms with E-state index >= 15 is 0 Å². The Hall–Kier alpha value is -1.61. The highest BCUT2D eigenvalue weighted by Gasteiger charge is 1.95. The Morgan fingerprint density at radius 2 is 2.47 bits per heavy atom. The van der Waals surface area contributed by atoms with Crippen LogP contribution in [0.4, 0.5) is 0 Å². The summed E-state index contributed by atoms with van der Waals surface area (Å²) in [5.74, 6) is 0. The molecule has 3 nitrogen and oxygen atoms in total. The molecule has 0 radical (unpaired) electrons. The minimum absolute atomic E-state index is 0.638. The summed E-state index contributed by atoms with van der Waals surface area (Å²) in [4.78, 5) is 7.05. The molecule has 17 heavy (non-hydrogen) atoms. The van der Waals surface area contributed by atoms with Gasteiger partial charge in [0.05, 0.1) is 12.9 Å². The SMILES string of the molecule is C=C/C=C(\C=C/C)COCCCc1cnc[nH]1. The summed E-state index contributed by atoms with van der Waals surface area (Å²) in [7, 11) is 0. The van der Waals surface area contributed by atoms with Gasteiger partial charge in [-0.25, -0.2) is 4.98 Å². The molecule has 0 amide bonds. The van der Waals surface area contributed by atoms with E-state index in [0.717, 1.165) is 30.7 Å². The van der Waals surface area contributed by atoms with Crippen LogP contribution in [-0.4, -0.2) is 23.2 Å². The van der Waals surface area contributed by atoms with E-state index in [4.69, 9.17) is 4.74 Å². The van der Waals surface area contributed by atoms with Gasteiger partial charge in [0.1, 0.15) is 0 Å². The summed E-state index contributed by atoms with van der Waals surface area (Å²) in [5.41, 5.74) is 2.30. The first-order valence-corrected chi connectivity index (χ1v) is 5.86. The fourth-order valence-corrected chi connectivity index (χ4v) is 1.49. The van der Waals surface area contributed by atoms with Gasteiger partial charge in [0.25, 0.3) is 0 Å². The van der Waals surface area contributed by atoms with Gasteiger partial charge in [-0.3, -0.25) is 0 Å². The van der Waals surface area contributed by atoms with E-state index in [-0.39, 0.29) is 0 Å². The van der Waals surface area contributed by atoms with Gasteiger partial charge in [-0.15, -0.1) is 0 Å². The van der Waals surface area contributed by atoms with E-state index in [1.807, 2.05) is 31.3 Å². The number of aromatic amines is 1. The standard InChI is InChI=1S/C14H20N2O/c1-3-6-13(7-4-2)11-17-9-5-8-14-10-15-12-16-14/h3-4,6-7,10,12H,1,5,8-9,11H2,2H3,(H,15,16)/b7-4-,13-6+. The second-order valence-electron chi connectivity index (χ2n) is 3.71. The number of ether oxygens (including phenoxy) is 1. The molecule has 1 rings (SSSR count). The average Bonchev–Trinajstić information content (AvgIpc) is 2.82. The first-order chi connectivity index (χ1) is 8.36. The zero-order chi connectivity index (χ0) is 12.3. The molecule has 1 N–H and O–H groups in total. The normalized spacial score (nSPS) is 12.2. The lowest BCUT2D eigenvalue weighted by molar-refractivity contribution is 0.155. The molecule has 0 spiro atoms. The van der Waals surface area contributed by atoms with E-state index in [1.54, 1.807) is 12.4 Å². The first-order valence-electron chi connectivity index (χ1n) is 5.86. The van der Waals surface area contributed by atoms with E-state index in [0.29, 0.717) is 6.61 Å². The van der Waals surface area contributed by atoms with Crippen molar-refractivity contribution in [3.05, 3.63) is 54.7 Å². The van der Waals surface area contributed by atoms with Crippen LogP contribution in [0.1, 0.15) is 19.0 Å². The van der Waals surface area contributed by atoms with Crippen LogP contribution in [0.25, 0.3) is 0 Å². The fourth-order valence-electron chi connectivity index (χ4n) is 1.49. The molecular formula is C14H20N2O. The molecule has 0 saturated carbocycles. The van der Waals surface area contributed by atoms with Gasteiger partial charge in [-0.1, -0.05) is 30.9 Å². The number of imidazole rings is 1. The average molecular weight is 232 g/mol. The van der Waals surface area contributed by atoms with E-state index < -0.39 is 0 Å². The number of nitrogens with one attached hydrogen (secondary N) is 1. The Kier molecular flexibility index (Phi) is 6.75. The Balaban J connectivity index is 2.14. The minimum atomic E-state index is 0.638. The van der Waals surface area contributed by atoms with Crippen molar-refractivity contribution in [3.63, 3.8) is 0 Å². The third-order valence-corrected chi connectivity index (χ3v) is 2.27. The van der Waals surface area contributed by atoms with Crippen LogP contribution in [0.5, 0.6) is 0 Å². The second kappa shape index (κ2) is 8.53. The predicted molar refractivity (Wildman–Crippen MR) is 70.8 cm³/mol. The zero-order valence-electron chi connectivity index (χ0n) is 10.4. The molecule has 0 fully saturated rings. The number of H-pyrrole nitrogens is 1. The number of allylic oxidation sites excluding steroid dienone is 3. The Bertz CT molecular complexity index is 364. The van der Waals surface area contributed by atoms with Gasteiger partial charge in [0.15, 0.2) is 0 Å². The van der Waals surface area contributed by atoms with Crippen molar-refractivity contribution in [2.24, 2.45) is 0 Å². The quantitative estimate of drug-likeness (QED) is 0.552. The number of hydrogen-bond donors (Lipinski definition) is 1. The van der Waals surface area contributed by atoms with Crippen LogP contribution in [0, 0.1) is 0 Å². The van der Waals surface area contributed by atoms with E-state index in [2.05, 4.69) is 16.5 Å². The Morgan fingerprint density at radius 1 is 1.59 bits per heavy atom. The summed E-state index contributed by atoms with van der Waals surface area (Å²) in [6, 6.07) is 0. The van der Waals surface area contributed by atoms with Crippen molar-refractivity contribution < 1.29 is 4.74 Å². The van der Waals surface area contributed by atoms with Crippen LogP contribution >= 0.6 is 0 Å². The van der Waals surface area contributed by atoms with Crippen LogP contribution in [-0.2, 0) is 11.2 Å². The molecular weight excluding hydrogens is 212 g/mol. The molecule has 0 aromatic carbocycles. The van der Waals surface area contributed by atoms with Gasteiger partial charge in [-0.2, -0.15) is 0 Å². The lowest BCUT2D eigenvalue weighted by Gasteiger charge is -2.04. The molecule has 0 atom stereocenters. The topological polar surface area (TPSA) is 37.9 Å². The second-order valence-corrected chi connectivity index (χ2v) is 3.71. The van der Waals surface area contributed by atoms with Crippen LogP contribution in [0.2, 0.25) is 0 Å². The third kappa shape index (κ3) is 5.88. The van der Waals surface area contributed by atoms with Gasteiger partial charge < -0.3 is 9.72 Å². The van der Waals surface area contributed by atoms with Crippen molar-refractivity contribution in [2.75, 3.05) is 13.2 Å². The van der Waals surface area contributed by atoms with Crippen molar-refractivity contribution in [2.45, 2.75) is 19.8 Å². The molecule has 0 aliphatic heterocycles. The molecule has 0 bridgehead atoms. The molecule has 0 saturated heterocycles. The van der Waals surface area contributed by atoms with Gasteiger partial charge in [-0.05, 0) is 25.3 Å². The molecule has 1 aromatic rings. The summed E-state index contributed by atoms with van der Waals surface area (Å²) in [5, 5.41) is 0. The first kappa shape index (κ1) is 13.5. The molecule has 0 aliphatic rings.